The lowest BCUT2D eigenvalue weighted by Crippen LogP contribution is -2.50. The highest BCUT2D eigenvalue weighted by Crippen LogP contribution is 2.08. The van der Waals surface area contributed by atoms with Gasteiger partial charge in [0, 0.05) is 19.8 Å². The number of rotatable bonds is 6. The van der Waals surface area contributed by atoms with Crippen molar-refractivity contribution in [3.63, 3.8) is 0 Å². The monoisotopic (exact) mass is 349 g/mol. The van der Waals surface area contributed by atoms with Crippen LogP contribution in [0.15, 0.2) is 29.4 Å². The molecule has 0 bridgehead atoms. The Hall–Kier alpha value is -2.31. The van der Waals surface area contributed by atoms with Gasteiger partial charge in [0.05, 0.1) is 18.3 Å². The first kappa shape index (κ1) is 20.7. The van der Waals surface area contributed by atoms with E-state index in [1.807, 2.05) is 52.8 Å². The molecule has 25 heavy (non-hydrogen) atoms. The van der Waals surface area contributed by atoms with Crippen LogP contribution in [-0.4, -0.2) is 42.3 Å². The molecule has 0 radical (unpaired) electrons. The van der Waals surface area contributed by atoms with E-state index in [1.165, 1.54) is 0 Å². The van der Waals surface area contributed by atoms with Crippen LogP contribution in [0.2, 0.25) is 0 Å². The lowest BCUT2D eigenvalue weighted by molar-refractivity contribution is 0.0491. The van der Waals surface area contributed by atoms with Crippen molar-refractivity contribution in [2.75, 3.05) is 13.6 Å². The van der Waals surface area contributed by atoms with Crippen LogP contribution in [0.25, 0.3) is 0 Å². The maximum atomic E-state index is 12.0. The predicted octanol–water partition coefficient (Wildman–Crippen LogP) is 2.30. The molecule has 1 unspecified atom stereocenters. The molecule has 0 aliphatic carbocycles. The molecular formula is C18H31N5O2. The molecule has 0 aliphatic rings. The van der Waals surface area contributed by atoms with Gasteiger partial charge in [0.2, 0.25) is 0 Å². The average molecular weight is 349 g/mol. The van der Waals surface area contributed by atoms with E-state index in [0.717, 1.165) is 5.69 Å². The van der Waals surface area contributed by atoms with E-state index in [2.05, 4.69) is 25.9 Å². The van der Waals surface area contributed by atoms with Crippen LogP contribution in [0, 0.1) is 5.92 Å². The molecule has 7 nitrogen and oxygen atoms in total. The Morgan fingerprint density at radius 1 is 1.28 bits per heavy atom. The number of pyridine rings is 1. The number of guanidine groups is 1. The van der Waals surface area contributed by atoms with E-state index < -0.39 is 11.7 Å². The third kappa shape index (κ3) is 8.93. The molecule has 0 saturated carbocycles. The average Bonchev–Trinajstić information content (AvgIpc) is 2.52. The lowest BCUT2D eigenvalue weighted by Gasteiger charge is -2.26. The number of carbonyl (C=O) groups excluding carboxylic acids is 1. The molecule has 1 rings (SSSR count). The Bertz CT molecular complexity index is 552. The molecule has 7 heteroatoms. The molecule has 3 N–H and O–H groups in total. The summed E-state index contributed by atoms with van der Waals surface area (Å²) in [5.41, 5.74) is 0.414. The first-order valence-electron chi connectivity index (χ1n) is 8.55. The molecule has 1 aromatic rings. The van der Waals surface area contributed by atoms with Crippen molar-refractivity contribution in [3.05, 3.63) is 30.1 Å². The molecular weight excluding hydrogens is 318 g/mol. The number of nitrogens with zero attached hydrogens (tertiary/aromatic N) is 2. The molecule has 1 atom stereocenters. The standard InChI is InChI=1S/C18H31N5O2/c1-13(2)15(23-17(24)25-18(3,4)5)12-22-16(19-6)21-11-14-9-7-8-10-20-14/h7-10,13,15H,11-12H2,1-6H3,(H,23,24)(H2,19,21,22). The van der Waals surface area contributed by atoms with E-state index in [1.54, 1.807) is 13.2 Å². The fraction of sp³-hybridized carbons (Fsp3) is 0.611. The van der Waals surface area contributed by atoms with E-state index in [-0.39, 0.29) is 12.0 Å². The molecule has 0 aliphatic heterocycles. The highest BCUT2D eigenvalue weighted by Gasteiger charge is 2.21. The normalized spacial score (nSPS) is 13.3. The Morgan fingerprint density at radius 3 is 2.52 bits per heavy atom. The SMILES string of the molecule is CN=C(NCc1ccccn1)NCC(NC(=O)OC(C)(C)C)C(C)C. The van der Waals surface area contributed by atoms with Crippen molar-refractivity contribution in [1.29, 1.82) is 0 Å². The minimum Gasteiger partial charge on any atom is -0.444 e. The van der Waals surface area contributed by atoms with Crippen LogP contribution in [0.1, 0.15) is 40.3 Å². The highest BCUT2D eigenvalue weighted by atomic mass is 16.6. The molecule has 140 valence electrons. The van der Waals surface area contributed by atoms with Gasteiger partial charge in [-0.15, -0.1) is 0 Å². The van der Waals surface area contributed by atoms with Gasteiger partial charge in [0.15, 0.2) is 5.96 Å². The second-order valence-electron chi connectivity index (χ2n) is 7.12. The van der Waals surface area contributed by atoms with Gasteiger partial charge < -0.3 is 20.7 Å². The first-order valence-corrected chi connectivity index (χ1v) is 8.55. The topological polar surface area (TPSA) is 87.6 Å². The van der Waals surface area contributed by atoms with Crippen LogP contribution < -0.4 is 16.0 Å². The van der Waals surface area contributed by atoms with Crippen LogP contribution in [0.3, 0.4) is 0 Å². The fourth-order valence-electron chi connectivity index (χ4n) is 2.02. The summed E-state index contributed by atoms with van der Waals surface area (Å²) in [7, 11) is 1.71. The van der Waals surface area contributed by atoms with Gasteiger partial charge >= 0.3 is 6.09 Å². The zero-order chi connectivity index (χ0) is 18.9. The van der Waals surface area contributed by atoms with Crippen molar-refractivity contribution in [2.45, 2.75) is 52.8 Å². The summed E-state index contributed by atoms with van der Waals surface area (Å²) in [6.45, 7) is 10.8. The number of aromatic nitrogens is 1. The summed E-state index contributed by atoms with van der Waals surface area (Å²) in [6, 6.07) is 5.69. The first-order chi connectivity index (χ1) is 11.7. The van der Waals surface area contributed by atoms with Crippen molar-refractivity contribution in [2.24, 2.45) is 10.9 Å². The number of hydrogen-bond donors (Lipinski definition) is 3. The highest BCUT2D eigenvalue weighted by molar-refractivity contribution is 5.79. The maximum absolute atomic E-state index is 12.0. The fourth-order valence-corrected chi connectivity index (χ4v) is 2.02. The summed E-state index contributed by atoms with van der Waals surface area (Å²) < 4.78 is 5.32. The van der Waals surface area contributed by atoms with Gasteiger partial charge in [-0.2, -0.15) is 0 Å². The minimum absolute atomic E-state index is 0.0803. The molecule has 1 heterocycles. The summed E-state index contributed by atoms with van der Waals surface area (Å²) in [5.74, 6) is 0.899. The van der Waals surface area contributed by atoms with Crippen LogP contribution in [-0.2, 0) is 11.3 Å². The van der Waals surface area contributed by atoms with Gasteiger partial charge in [-0.3, -0.25) is 9.98 Å². The third-order valence-electron chi connectivity index (χ3n) is 3.38. The lowest BCUT2D eigenvalue weighted by atomic mass is 10.0. The van der Waals surface area contributed by atoms with Crippen LogP contribution in [0.4, 0.5) is 4.79 Å². The maximum Gasteiger partial charge on any atom is 0.407 e. The van der Waals surface area contributed by atoms with Crippen molar-refractivity contribution < 1.29 is 9.53 Å². The predicted molar refractivity (Wildman–Crippen MR) is 100 cm³/mol. The number of ether oxygens (including phenoxy) is 1. The number of aliphatic imine (C=N–C) groups is 1. The van der Waals surface area contributed by atoms with Gasteiger partial charge in [0.25, 0.3) is 0 Å². The van der Waals surface area contributed by atoms with E-state index in [0.29, 0.717) is 19.0 Å². The van der Waals surface area contributed by atoms with Gasteiger partial charge in [-0.25, -0.2) is 4.79 Å². The zero-order valence-corrected chi connectivity index (χ0v) is 16.1. The summed E-state index contributed by atoms with van der Waals surface area (Å²) in [5, 5.41) is 9.34. The van der Waals surface area contributed by atoms with E-state index >= 15 is 0 Å². The number of hydrogen-bond acceptors (Lipinski definition) is 4. The second kappa shape index (κ2) is 9.86. The van der Waals surface area contributed by atoms with Gasteiger partial charge in [-0.05, 0) is 38.8 Å². The van der Waals surface area contributed by atoms with Crippen molar-refractivity contribution in [3.8, 4) is 0 Å². The summed E-state index contributed by atoms with van der Waals surface area (Å²) in [4.78, 5) is 20.4. The minimum atomic E-state index is -0.515. The summed E-state index contributed by atoms with van der Waals surface area (Å²) >= 11 is 0. The number of amides is 1. The van der Waals surface area contributed by atoms with E-state index in [4.69, 9.17) is 4.74 Å². The third-order valence-corrected chi connectivity index (χ3v) is 3.38. The largest absolute Gasteiger partial charge is 0.444 e. The number of alkyl carbamates (subject to hydrolysis) is 1. The molecule has 0 fully saturated rings. The quantitative estimate of drug-likeness (QED) is 0.542. The molecule has 0 aromatic carbocycles. The second-order valence-corrected chi connectivity index (χ2v) is 7.12. The molecule has 1 aromatic heterocycles. The number of nitrogens with one attached hydrogen (secondary N) is 3. The Labute approximate surface area is 150 Å². The van der Waals surface area contributed by atoms with Gasteiger partial charge in [-0.1, -0.05) is 19.9 Å². The van der Waals surface area contributed by atoms with E-state index in [9.17, 15) is 4.79 Å². The Kier molecular flexibility index (Phi) is 8.18. The van der Waals surface area contributed by atoms with Crippen molar-refractivity contribution in [1.82, 2.24) is 20.9 Å². The summed E-state index contributed by atoms with van der Waals surface area (Å²) in [6.07, 6.45) is 1.34. The van der Waals surface area contributed by atoms with Crippen LogP contribution in [0.5, 0.6) is 0 Å². The smallest absolute Gasteiger partial charge is 0.407 e. The zero-order valence-electron chi connectivity index (χ0n) is 16.1. The molecule has 1 amide bonds. The van der Waals surface area contributed by atoms with Gasteiger partial charge in [0.1, 0.15) is 5.60 Å². The Morgan fingerprint density at radius 2 is 2.00 bits per heavy atom. The molecule has 0 saturated heterocycles. The Balaban J connectivity index is 2.50. The van der Waals surface area contributed by atoms with Crippen molar-refractivity contribution >= 4 is 12.1 Å². The number of carbonyl (C=O) groups is 1. The van der Waals surface area contributed by atoms with Crippen LogP contribution >= 0.6 is 0 Å². The molecule has 0 spiro atoms.